The van der Waals surface area contributed by atoms with Gasteiger partial charge < -0.3 is 9.47 Å². The highest BCUT2D eigenvalue weighted by Gasteiger charge is 2.13. The van der Waals surface area contributed by atoms with Gasteiger partial charge in [0.15, 0.2) is 11.5 Å². The van der Waals surface area contributed by atoms with E-state index in [1.165, 1.54) is 19.3 Å². The van der Waals surface area contributed by atoms with Crippen LogP contribution in [0.3, 0.4) is 0 Å². The molecule has 1 N–H and O–H groups in total. The van der Waals surface area contributed by atoms with Crippen LogP contribution in [-0.2, 0) is 4.79 Å². The molecule has 1 aliphatic rings. The Morgan fingerprint density at radius 3 is 2.52 bits per heavy atom. The summed E-state index contributed by atoms with van der Waals surface area (Å²) in [4.78, 5) is 14.1. The number of methoxy groups -OCH3 is 2. The number of hydrogen-bond acceptors (Lipinski definition) is 5. The molecule has 0 aromatic heterocycles. The predicted octanol–water partition coefficient (Wildman–Crippen LogP) is 2.03. The highest BCUT2D eigenvalue weighted by atomic mass is 16.5. The summed E-state index contributed by atoms with van der Waals surface area (Å²) in [6.07, 6.45) is 3.59. The first kappa shape index (κ1) is 17.3. The monoisotopic (exact) mass is 319 g/mol. The minimum Gasteiger partial charge on any atom is -0.493 e. The van der Waals surface area contributed by atoms with Gasteiger partial charge in [0, 0.05) is 5.56 Å². The van der Waals surface area contributed by atoms with Crippen molar-refractivity contribution >= 4 is 11.6 Å². The van der Waals surface area contributed by atoms with E-state index < -0.39 is 0 Å². The summed E-state index contributed by atoms with van der Waals surface area (Å²) in [6, 6.07) is 5.55. The largest absolute Gasteiger partial charge is 0.493 e. The lowest BCUT2D eigenvalue weighted by Gasteiger charge is -2.25. The van der Waals surface area contributed by atoms with Crippen LogP contribution in [0.4, 0.5) is 0 Å². The second-order valence-corrected chi connectivity index (χ2v) is 5.64. The number of nitrogens with zero attached hydrogens (tertiary/aromatic N) is 2. The number of rotatable bonds is 6. The maximum Gasteiger partial charge on any atom is 0.254 e. The average Bonchev–Trinajstić information content (AvgIpc) is 2.59. The second-order valence-electron chi connectivity index (χ2n) is 5.64. The van der Waals surface area contributed by atoms with Crippen molar-refractivity contribution < 1.29 is 14.3 Å². The van der Waals surface area contributed by atoms with Gasteiger partial charge in [-0.15, -0.1) is 0 Å². The number of carbonyl (C=O) groups is 1. The number of amides is 1. The molecule has 0 radical (unpaired) electrons. The summed E-state index contributed by atoms with van der Waals surface area (Å²) >= 11 is 0. The minimum absolute atomic E-state index is 0.0771. The quantitative estimate of drug-likeness (QED) is 0.644. The van der Waals surface area contributed by atoms with Crippen molar-refractivity contribution in [3.8, 4) is 11.5 Å². The number of benzene rings is 1. The SMILES string of the molecule is COc1ccc(C(C)=NNC(=O)CN2CCCCC2)cc1OC. The van der Waals surface area contributed by atoms with Gasteiger partial charge in [0.2, 0.25) is 0 Å². The van der Waals surface area contributed by atoms with E-state index in [4.69, 9.17) is 9.47 Å². The molecule has 1 heterocycles. The Balaban J connectivity index is 1.94. The van der Waals surface area contributed by atoms with Gasteiger partial charge in [-0.25, -0.2) is 5.43 Å². The van der Waals surface area contributed by atoms with Crippen LogP contribution >= 0.6 is 0 Å². The van der Waals surface area contributed by atoms with Crippen LogP contribution in [0.2, 0.25) is 0 Å². The zero-order valence-corrected chi connectivity index (χ0v) is 14.1. The van der Waals surface area contributed by atoms with Crippen LogP contribution in [0.25, 0.3) is 0 Å². The van der Waals surface area contributed by atoms with Gasteiger partial charge in [0.05, 0.1) is 26.5 Å². The fourth-order valence-electron chi connectivity index (χ4n) is 2.63. The van der Waals surface area contributed by atoms with Gasteiger partial charge in [-0.2, -0.15) is 5.10 Å². The van der Waals surface area contributed by atoms with Crippen molar-refractivity contribution in [1.29, 1.82) is 0 Å². The maximum absolute atomic E-state index is 12.0. The number of hydrogen-bond donors (Lipinski definition) is 1. The number of carbonyl (C=O) groups excluding carboxylic acids is 1. The standard InChI is InChI=1S/C17H25N3O3/c1-13(14-7-8-15(22-2)16(11-14)23-3)18-19-17(21)12-20-9-5-4-6-10-20/h7-8,11H,4-6,9-10,12H2,1-3H3,(H,19,21). The second kappa shape index (κ2) is 8.53. The summed E-state index contributed by atoms with van der Waals surface area (Å²) in [7, 11) is 3.19. The number of hydrazone groups is 1. The summed E-state index contributed by atoms with van der Waals surface area (Å²) < 4.78 is 10.5. The van der Waals surface area contributed by atoms with E-state index in [1.54, 1.807) is 14.2 Å². The lowest BCUT2D eigenvalue weighted by atomic mass is 10.1. The molecule has 6 nitrogen and oxygen atoms in total. The summed E-state index contributed by atoms with van der Waals surface area (Å²) in [5.41, 5.74) is 4.23. The molecule has 23 heavy (non-hydrogen) atoms. The molecule has 0 spiro atoms. The smallest absolute Gasteiger partial charge is 0.254 e. The lowest BCUT2D eigenvalue weighted by molar-refractivity contribution is -0.122. The van der Waals surface area contributed by atoms with Gasteiger partial charge in [0.25, 0.3) is 5.91 Å². The van der Waals surface area contributed by atoms with E-state index in [0.29, 0.717) is 18.0 Å². The fraction of sp³-hybridized carbons (Fsp3) is 0.529. The highest BCUT2D eigenvalue weighted by molar-refractivity contribution is 5.99. The molecule has 1 aliphatic heterocycles. The Bertz CT molecular complexity index is 566. The zero-order valence-electron chi connectivity index (χ0n) is 14.1. The first-order chi connectivity index (χ1) is 11.1. The molecule has 0 saturated carbocycles. The summed E-state index contributed by atoms with van der Waals surface area (Å²) in [6.45, 7) is 4.24. The Hall–Kier alpha value is -2.08. The fourth-order valence-corrected chi connectivity index (χ4v) is 2.63. The molecule has 1 saturated heterocycles. The maximum atomic E-state index is 12.0. The van der Waals surface area contributed by atoms with Gasteiger partial charge in [0.1, 0.15) is 0 Å². The van der Waals surface area contributed by atoms with Crippen molar-refractivity contribution in [2.24, 2.45) is 5.10 Å². The van der Waals surface area contributed by atoms with E-state index in [1.807, 2.05) is 25.1 Å². The molecule has 6 heteroatoms. The molecule has 1 aromatic rings. The third-order valence-corrected chi connectivity index (χ3v) is 3.97. The van der Waals surface area contributed by atoms with Crippen LogP contribution in [0, 0.1) is 0 Å². The molecule has 0 atom stereocenters. The van der Waals surface area contributed by atoms with E-state index >= 15 is 0 Å². The third-order valence-electron chi connectivity index (χ3n) is 3.97. The van der Waals surface area contributed by atoms with Crippen molar-refractivity contribution in [2.45, 2.75) is 26.2 Å². The number of ether oxygens (including phenoxy) is 2. The van der Waals surface area contributed by atoms with Gasteiger partial charge in [-0.3, -0.25) is 9.69 Å². The molecular formula is C17H25N3O3. The zero-order chi connectivity index (χ0) is 16.7. The Morgan fingerprint density at radius 1 is 1.17 bits per heavy atom. The normalized spacial score (nSPS) is 16.0. The molecule has 1 aromatic carbocycles. The van der Waals surface area contributed by atoms with E-state index in [9.17, 15) is 4.79 Å². The van der Waals surface area contributed by atoms with Crippen LogP contribution in [0.15, 0.2) is 23.3 Å². The molecule has 2 rings (SSSR count). The summed E-state index contributed by atoms with van der Waals surface area (Å²) in [5.74, 6) is 1.23. The van der Waals surface area contributed by atoms with Crippen molar-refractivity contribution in [2.75, 3.05) is 33.9 Å². The van der Waals surface area contributed by atoms with Gasteiger partial charge in [-0.05, 0) is 51.1 Å². The van der Waals surface area contributed by atoms with Crippen LogP contribution in [-0.4, -0.2) is 50.4 Å². The van der Waals surface area contributed by atoms with Crippen molar-refractivity contribution in [1.82, 2.24) is 10.3 Å². The van der Waals surface area contributed by atoms with Crippen molar-refractivity contribution in [3.05, 3.63) is 23.8 Å². The molecule has 0 bridgehead atoms. The van der Waals surface area contributed by atoms with E-state index in [0.717, 1.165) is 24.4 Å². The number of likely N-dealkylation sites (tertiary alicyclic amines) is 1. The molecule has 1 amide bonds. The van der Waals surface area contributed by atoms with Gasteiger partial charge >= 0.3 is 0 Å². The first-order valence-corrected chi connectivity index (χ1v) is 7.92. The number of piperidine rings is 1. The Morgan fingerprint density at radius 2 is 1.87 bits per heavy atom. The van der Waals surface area contributed by atoms with Gasteiger partial charge in [-0.1, -0.05) is 6.42 Å². The van der Waals surface area contributed by atoms with Crippen molar-refractivity contribution in [3.63, 3.8) is 0 Å². The molecule has 0 aliphatic carbocycles. The van der Waals surface area contributed by atoms with E-state index in [-0.39, 0.29) is 5.91 Å². The molecular weight excluding hydrogens is 294 g/mol. The predicted molar refractivity (Wildman–Crippen MR) is 90.2 cm³/mol. The highest BCUT2D eigenvalue weighted by Crippen LogP contribution is 2.27. The lowest BCUT2D eigenvalue weighted by Crippen LogP contribution is -2.38. The molecule has 1 fully saturated rings. The molecule has 0 unspecified atom stereocenters. The van der Waals surface area contributed by atoms with Crippen LogP contribution < -0.4 is 14.9 Å². The number of nitrogens with one attached hydrogen (secondary N) is 1. The molecule has 126 valence electrons. The van der Waals surface area contributed by atoms with Crippen LogP contribution in [0.5, 0.6) is 11.5 Å². The Kier molecular flexibility index (Phi) is 6.40. The van der Waals surface area contributed by atoms with E-state index in [2.05, 4.69) is 15.4 Å². The third kappa shape index (κ3) is 4.96. The topological polar surface area (TPSA) is 63.2 Å². The average molecular weight is 319 g/mol. The Labute approximate surface area is 137 Å². The first-order valence-electron chi connectivity index (χ1n) is 7.92. The summed E-state index contributed by atoms with van der Waals surface area (Å²) in [5, 5.41) is 4.18. The van der Waals surface area contributed by atoms with Crippen LogP contribution in [0.1, 0.15) is 31.7 Å². The minimum atomic E-state index is -0.0771.